The van der Waals surface area contributed by atoms with Gasteiger partial charge in [-0.1, -0.05) is 15.0 Å². The zero-order chi connectivity index (χ0) is 11.6. The number of rotatable bonds is 3. The van der Waals surface area contributed by atoms with Crippen LogP contribution < -0.4 is 12.3 Å². The molecule has 14 heteroatoms. The van der Waals surface area contributed by atoms with E-state index in [1.807, 2.05) is 0 Å². The monoisotopic (exact) mass is 256 g/mol. The van der Waals surface area contributed by atoms with Crippen molar-refractivity contribution in [1.29, 1.82) is 0 Å². The van der Waals surface area contributed by atoms with Gasteiger partial charge in [-0.3, -0.25) is 0 Å². The molecule has 0 aromatic heterocycles. The molecule has 0 radical (unpaired) electrons. The second kappa shape index (κ2) is 6.18. The van der Waals surface area contributed by atoms with E-state index in [1.54, 1.807) is 0 Å². The lowest BCUT2D eigenvalue weighted by molar-refractivity contribution is -0.775. The summed E-state index contributed by atoms with van der Waals surface area (Å²) in [5, 5.41) is 29.3. The largest absolute Gasteiger partial charge is 0.344 e. The van der Waals surface area contributed by atoms with Crippen LogP contribution in [0, 0.1) is 30.3 Å². The van der Waals surface area contributed by atoms with Gasteiger partial charge in [-0.2, -0.15) is 0 Å². The zero-order valence-corrected chi connectivity index (χ0v) is 8.67. The van der Waals surface area contributed by atoms with Crippen molar-refractivity contribution < 1.29 is 15.1 Å². The van der Waals surface area contributed by atoms with Gasteiger partial charge in [0.1, 0.15) is 0 Å². The second-order valence-electron chi connectivity index (χ2n) is 2.66. The predicted molar refractivity (Wildman–Crippen MR) is 51.1 cm³/mol. The van der Waals surface area contributed by atoms with E-state index in [1.165, 1.54) is 0 Å². The molecule has 1 heterocycles. The van der Waals surface area contributed by atoms with Crippen LogP contribution in [0.2, 0.25) is 0 Å². The molecule has 0 saturated carbocycles. The smallest absolute Gasteiger partial charge is 0.212 e. The van der Waals surface area contributed by atoms with Crippen LogP contribution in [-0.2, 0) is 0 Å². The lowest BCUT2D eigenvalue weighted by Gasteiger charge is -2.27. The van der Waals surface area contributed by atoms with E-state index in [-0.39, 0.29) is 12.3 Å². The van der Waals surface area contributed by atoms with Crippen molar-refractivity contribution in [2.24, 2.45) is 0 Å². The Morgan fingerprint density at radius 2 is 0.824 bits per heavy atom. The topological polar surface area (TPSA) is 209 Å². The van der Waals surface area contributed by atoms with Crippen molar-refractivity contribution in [2.75, 3.05) is 20.0 Å². The molecule has 1 aliphatic rings. The third-order valence-corrected chi connectivity index (χ3v) is 1.67. The zero-order valence-electron chi connectivity index (χ0n) is 8.67. The van der Waals surface area contributed by atoms with Gasteiger partial charge < -0.3 is 12.3 Å². The van der Waals surface area contributed by atoms with Gasteiger partial charge in [0.15, 0.2) is 15.1 Å². The fourth-order valence-electron chi connectivity index (χ4n) is 1.01. The molecule has 0 amide bonds. The van der Waals surface area contributed by atoms with Gasteiger partial charge in [-0.05, 0) is 0 Å². The van der Waals surface area contributed by atoms with E-state index < -0.39 is 35.1 Å². The lowest BCUT2D eigenvalue weighted by Crippen LogP contribution is -2.59. The highest BCUT2D eigenvalue weighted by atomic mass is 16.7. The molecule has 14 nitrogen and oxygen atoms in total. The first-order chi connectivity index (χ1) is 6.91. The van der Waals surface area contributed by atoms with Crippen LogP contribution in [0.3, 0.4) is 0 Å². The number of hydrazine groups is 3. The maximum Gasteiger partial charge on any atom is 0.212 e. The van der Waals surface area contributed by atoms with Gasteiger partial charge in [-0.25, -0.2) is 30.3 Å². The van der Waals surface area contributed by atoms with Crippen molar-refractivity contribution >= 4 is 0 Å². The van der Waals surface area contributed by atoms with Crippen LogP contribution in [-0.4, -0.2) is 50.1 Å². The number of hydrogen-bond donors (Lipinski definition) is 2. The first kappa shape index (κ1) is 16.9. The third-order valence-electron chi connectivity index (χ3n) is 1.67. The minimum atomic E-state index is -0.924. The SMILES string of the molecule is N.N.O=[N+]([O-])N1CN([N+](=O)[O-])CN([N+](=O)[O-])C1. The summed E-state index contributed by atoms with van der Waals surface area (Å²) in [5.74, 6) is 0. The fraction of sp³-hybridized carbons (Fsp3) is 1.00. The van der Waals surface area contributed by atoms with Crippen molar-refractivity contribution in [2.45, 2.75) is 0 Å². The number of nitrogens with zero attached hydrogens (tertiary/aromatic N) is 6. The fourth-order valence-corrected chi connectivity index (χ4v) is 1.01. The average molecular weight is 256 g/mol. The summed E-state index contributed by atoms with van der Waals surface area (Å²) in [6, 6.07) is 0. The van der Waals surface area contributed by atoms with E-state index in [9.17, 15) is 30.3 Å². The molecule has 0 aliphatic carbocycles. The molecule has 0 atom stereocenters. The molecule has 6 N–H and O–H groups in total. The lowest BCUT2D eigenvalue weighted by atomic mass is 10.7. The van der Waals surface area contributed by atoms with Crippen LogP contribution in [0.4, 0.5) is 0 Å². The molecule has 100 valence electrons. The van der Waals surface area contributed by atoms with Crippen LogP contribution in [0.15, 0.2) is 0 Å². The molecule has 1 fully saturated rings. The first-order valence-electron chi connectivity index (χ1n) is 3.59. The minimum Gasteiger partial charge on any atom is -0.344 e. The summed E-state index contributed by atoms with van der Waals surface area (Å²) in [6.07, 6.45) is 0. The molecule has 1 saturated heterocycles. The van der Waals surface area contributed by atoms with Crippen molar-refractivity contribution in [3.63, 3.8) is 0 Å². The highest BCUT2D eigenvalue weighted by molar-refractivity contribution is 4.50. The maximum atomic E-state index is 10.3. The molecule has 0 aromatic carbocycles. The van der Waals surface area contributed by atoms with Crippen molar-refractivity contribution in [3.8, 4) is 0 Å². The summed E-state index contributed by atoms with van der Waals surface area (Å²) in [5.41, 5.74) is 0. The van der Waals surface area contributed by atoms with Gasteiger partial charge >= 0.3 is 0 Å². The van der Waals surface area contributed by atoms with Gasteiger partial charge in [0.25, 0.3) is 0 Å². The molecule has 0 unspecified atom stereocenters. The Kier molecular flexibility index (Phi) is 6.15. The van der Waals surface area contributed by atoms with E-state index >= 15 is 0 Å². The van der Waals surface area contributed by atoms with Crippen LogP contribution in [0.1, 0.15) is 0 Å². The van der Waals surface area contributed by atoms with Crippen LogP contribution in [0.25, 0.3) is 0 Å². The standard InChI is InChI=1S/C3H6N6O6.2H3N/c10-7(11)4-1-5(8(12)13)3-6(2-4)9(14)15;;/h1-3H2;2*1H3. The molecule has 0 bridgehead atoms. The predicted octanol–water partition coefficient (Wildman–Crippen LogP) is -1.32. The Morgan fingerprint density at radius 1 is 0.647 bits per heavy atom. The molecular formula is C3H12N8O6. The molecule has 17 heavy (non-hydrogen) atoms. The normalized spacial score (nSPS) is 14.5. The first-order valence-corrected chi connectivity index (χ1v) is 3.59. The molecular weight excluding hydrogens is 244 g/mol. The minimum absolute atomic E-state index is 0. The Morgan fingerprint density at radius 3 is 0.941 bits per heavy atom. The number of nitro groups is 3. The molecule has 1 aliphatic heterocycles. The van der Waals surface area contributed by atoms with Gasteiger partial charge in [0, 0.05) is 0 Å². The van der Waals surface area contributed by atoms with Crippen LogP contribution in [0.5, 0.6) is 0 Å². The summed E-state index contributed by atoms with van der Waals surface area (Å²) in [6.45, 7) is -1.78. The number of hydrogen-bond acceptors (Lipinski definition) is 8. The summed E-state index contributed by atoms with van der Waals surface area (Å²) in [4.78, 5) is 31.0. The van der Waals surface area contributed by atoms with Gasteiger partial charge in [0.05, 0.1) is 0 Å². The van der Waals surface area contributed by atoms with Crippen molar-refractivity contribution in [1.82, 2.24) is 27.3 Å². The summed E-state index contributed by atoms with van der Waals surface area (Å²) < 4.78 is 0. The third kappa shape index (κ3) is 3.87. The van der Waals surface area contributed by atoms with Gasteiger partial charge in [0.2, 0.25) is 20.0 Å². The van der Waals surface area contributed by atoms with E-state index in [2.05, 4.69) is 0 Å². The van der Waals surface area contributed by atoms with Crippen LogP contribution >= 0.6 is 0 Å². The summed E-state index contributed by atoms with van der Waals surface area (Å²) in [7, 11) is 0. The Balaban J connectivity index is 0. The Hall–Kier alpha value is -2.48. The van der Waals surface area contributed by atoms with E-state index in [0.717, 1.165) is 0 Å². The molecule has 1 rings (SSSR count). The quantitative estimate of drug-likeness (QED) is 0.446. The van der Waals surface area contributed by atoms with Crippen molar-refractivity contribution in [3.05, 3.63) is 30.3 Å². The highest BCUT2D eigenvalue weighted by Gasteiger charge is 2.39. The van der Waals surface area contributed by atoms with E-state index in [0.29, 0.717) is 15.0 Å². The summed E-state index contributed by atoms with van der Waals surface area (Å²) >= 11 is 0. The Labute approximate surface area is 93.9 Å². The Bertz CT molecular complexity index is 254. The highest BCUT2D eigenvalue weighted by Crippen LogP contribution is 2.06. The molecule has 0 spiro atoms. The van der Waals surface area contributed by atoms with E-state index in [4.69, 9.17) is 0 Å². The average Bonchev–Trinajstić information content (AvgIpc) is 2.16. The second-order valence-corrected chi connectivity index (χ2v) is 2.66. The maximum absolute atomic E-state index is 10.3. The van der Waals surface area contributed by atoms with Gasteiger partial charge in [-0.15, -0.1) is 0 Å². The molecule has 0 aromatic rings.